The van der Waals surface area contributed by atoms with Gasteiger partial charge < -0.3 is 10.2 Å². The van der Waals surface area contributed by atoms with Crippen LogP contribution in [-0.2, 0) is 6.54 Å². The molecule has 1 atom stereocenters. The highest BCUT2D eigenvalue weighted by atomic mass is 15.2. The summed E-state index contributed by atoms with van der Waals surface area (Å²) in [5.74, 6) is 2.53. The minimum absolute atomic E-state index is 0.486. The number of aromatic nitrogens is 1. The van der Waals surface area contributed by atoms with Crippen LogP contribution in [0.2, 0.25) is 0 Å². The van der Waals surface area contributed by atoms with Gasteiger partial charge in [-0.15, -0.1) is 0 Å². The second-order valence-corrected chi connectivity index (χ2v) is 6.58. The smallest absolute Gasteiger partial charge is 0.129 e. The summed E-state index contributed by atoms with van der Waals surface area (Å²) in [6.07, 6.45) is 3.97. The highest BCUT2D eigenvalue weighted by Gasteiger charge is 2.23. The van der Waals surface area contributed by atoms with E-state index in [1.54, 1.807) is 0 Å². The van der Waals surface area contributed by atoms with Crippen molar-refractivity contribution in [2.75, 3.05) is 24.5 Å². The van der Waals surface area contributed by atoms with Crippen molar-refractivity contribution in [3.05, 3.63) is 23.4 Å². The molecule has 1 aromatic rings. The van der Waals surface area contributed by atoms with Crippen molar-refractivity contribution in [3.63, 3.8) is 0 Å². The van der Waals surface area contributed by atoms with Gasteiger partial charge in [-0.05, 0) is 48.9 Å². The fourth-order valence-electron chi connectivity index (χ4n) is 3.11. The average Bonchev–Trinajstić information content (AvgIpc) is 2.94. The number of hydrogen-bond donors (Lipinski definition) is 1. The Morgan fingerprint density at radius 2 is 2.14 bits per heavy atom. The topological polar surface area (TPSA) is 28.2 Å². The highest BCUT2D eigenvalue weighted by molar-refractivity contribution is 5.44. The quantitative estimate of drug-likeness (QED) is 0.824. The zero-order valence-electron chi connectivity index (χ0n) is 14.2. The second kappa shape index (κ2) is 7.79. The van der Waals surface area contributed by atoms with Crippen LogP contribution in [0.25, 0.3) is 0 Å². The summed E-state index contributed by atoms with van der Waals surface area (Å²) in [5.41, 5.74) is 2.59. The van der Waals surface area contributed by atoms with Gasteiger partial charge >= 0.3 is 0 Å². The molecule has 3 nitrogen and oxygen atoms in total. The molecule has 0 saturated carbocycles. The van der Waals surface area contributed by atoms with Crippen molar-refractivity contribution >= 4 is 5.82 Å². The maximum Gasteiger partial charge on any atom is 0.129 e. The molecule has 2 heterocycles. The van der Waals surface area contributed by atoms with E-state index in [1.807, 2.05) is 0 Å². The van der Waals surface area contributed by atoms with E-state index >= 15 is 0 Å². The Labute approximate surface area is 130 Å². The first-order valence-electron chi connectivity index (χ1n) is 8.60. The Morgan fingerprint density at radius 3 is 2.81 bits per heavy atom. The molecule has 21 heavy (non-hydrogen) atoms. The standard InChI is InChI=1S/C18H31N3/c1-5-7-15-8-9-21(13-15)18-11-16(12-19-6-2)10-17(20-18)14(3)4/h10-11,14-15,19H,5-9,12-13H2,1-4H3. The molecular weight excluding hydrogens is 258 g/mol. The van der Waals surface area contributed by atoms with Crippen molar-refractivity contribution in [1.29, 1.82) is 0 Å². The number of pyridine rings is 1. The summed E-state index contributed by atoms with van der Waals surface area (Å²) in [6.45, 7) is 13.2. The van der Waals surface area contributed by atoms with Crippen LogP contribution in [0.3, 0.4) is 0 Å². The monoisotopic (exact) mass is 289 g/mol. The van der Waals surface area contributed by atoms with Gasteiger partial charge in [0.2, 0.25) is 0 Å². The molecule has 1 aliphatic rings. The van der Waals surface area contributed by atoms with Gasteiger partial charge in [0.1, 0.15) is 5.82 Å². The first-order chi connectivity index (χ1) is 10.1. The fraction of sp³-hybridized carbons (Fsp3) is 0.722. The van der Waals surface area contributed by atoms with Crippen LogP contribution in [-0.4, -0.2) is 24.6 Å². The van der Waals surface area contributed by atoms with Crippen LogP contribution in [0.5, 0.6) is 0 Å². The number of nitrogens with zero attached hydrogens (tertiary/aromatic N) is 2. The zero-order valence-corrected chi connectivity index (χ0v) is 14.2. The van der Waals surface area contributed by atoms with E-state index in [-0.39, 0.29) is 0 Å². The predicted molar refractivity (Wildman–Crippen MR) is 90.9 cm³/mol. The summed E-state index contributed by atoms with van der Waals surface area (Å²) >= 11 is 0. The summed E-state index contributed by atoms with van der Waals surface area (Å²) in [5, 5.41) is 3.43. The van der Waals surface area contributed by atoms with E-state index in [1.165, 1.54) is 49.4 Å². The molecule has 1 aliphatic heterocycles. The lowest BCUT2D eigenvalue weighted by Crippen LogP contribution is -2.22. The van der Waals surface area contributed by atoms with Crippen molar-refractivity contribution in [3.8, 4) is 0 Å². The Hall–Kier alpha value is -1.09. The minimum Gasteiger partial charge on any atom is -0.356 e. The molecule has 0 spiro atoms. The van der Waals surface area contributed by atoms with Crippen LogP contribution in [0.4, 0.5) is 5.82 Å². The molecular formula is C18H31N3. The van der Waals surface area contributed by atoms with E-state index in [0.717, 1.165) is 19.0 Å². The van der Waals surface area contributed by atoms with E-state index in [0.29, 0.717) is 5.92 Å². The largest absolute Gasteiger partial charge is 0.356 e. The summed E-state index contributed by atoms with van der Waals surface area (Å²) < 4.78 is 0. The van der Waals surface area contributed by atoms with Gasteiger partial charge in [0.25, 0.3) is 0 Å². The molecule has 1 unspecified atom stereocenters. The molecule has 1 saturated heterocycles. The molecule has 0 amide bonds. The summed E-state index contributed by atoms with van der Waals surface area (Å²) in [4.78, 5) is 7.40. The van der Waals surface area contributed by atoms with Gasteiger partial charge in [0.05, 0.1) is 0 Å². The maximum atomic E-state index is 4.92. The van der Waals surface area contributed by atoms with Crippen LogP contribution in [0, 0.1) is 5.92 Å². The Kier molecular flexibility index (Phi) is 6.04. The van der Waals surface area contributed by atoms with Crippen LogP contribution >= 0.6 is 0 Å². The molecule has 0 radical (unpaired) electrons. The SMILES string of the molecule is CCCC1CCN(c2cc(CNCC)cc(C(C)C)n2)C1. The lowest BCUT2D eigenvalue weighted by Gasteiger charge is -2.20. The third kappa shape index (κ3) is 4.44. The summed E-state index contributed by atoms with van der Waals surface area (Å²) in [6, 6.07) is 4.54. The first kappa shape index (κ1) is 16.3. The van der Waals surface area contributed by atoms with E-state index in [9.17, 15) is 0 Å². The molecule has 1 fully saturated rings. The zero-order chi connectivity index (χ0) is 15.2. The molecule has 3 heteroatoms. The van der Waals surface area contributed by atoms with Crippen molar-refractivity contribution in [2.45, 2.75) is 59.4 Å². The van der Waals surface area contributed by atoms with Crippen LogP contribution < -0.4 is 10.2 Å². The highest BCUT2D eigenvalue weighted by Crippen LogP contribution is 2.27. The summed E-state index contributed by atoms with van der Waals surface area (Å²) in [7, 11) is 0. The number of nitrogens with one attached hydrogen (secondary N) is 1. The fourth-order valence-corrected chi connectivity index (χ4v) is 3.11. The average molecular weight is 289 g/mol. The molecule has 1 aromatic heterocycles. The van der Waals surface area contributed by atoms with Crippen LogP contribution in [0.1, 0.15) is 64.1 Å². The van der Waals surface area contributed by atoms with Crippen molar-refractivity contribution in [2.24, 2.45) is 5.92 Å². The minimum atomic E-state index is 0.486. The molecule has 118 valence electrons. The Bertz CT molecular complexity index is 442. The first-order valence-corrected chi connectivity index (χ1v) is 8.60. The van der Waals surface area contributed by atoms with Gasteiger partial charge in [-0.25, -0.2) is 4.98 Å². The molecule has 0 aromatic carbocycles. The van der Waals surface area contributed by atoms with E-state index in [4.69, 9.17) is 4.98 Å². The third-order valence-electron chi connectivity index (χ3n) is 4.37. The molecule has 0 aliphatic carbocycles. The lowest BCUT2D eigenvalue weighted by atomic mass is 10.0. The predicted octanol–water partition coefficient (Wildman–Crippen LogP) is 3.94. The number of rotatable bonds is 7. The Balaban J connectivity index is 2.16. The molecule has 1 N–H and O–H groups in total. The van der Waals surface area contributed by atoms with Gasteiger partial charge in [0, 0.05) is 25.3 Å². The third-order valence-corrected chi connectivity index (χ3v) is 4.37. The van der Waals surface area contributed by atoms with Gasteiger partial charge in [-0.2, -0.15) is 0 Å². The van der Waals surface area contributed by atoms with E-state index < -0.39 is 0 Å². The van der Waals surface area contributed by atoms with Crippen LogP contribution in [0.15, 0.2) is 12.1 Å². The second-order valence-electron chi connectivity index (χ2n) is 6.58. The molecule has 2 rings (SSSR count). The molecule has 0 bridgehead atoms. The number of anilines is 1. The normalized spacial score (nSPS) is 18.7. The maximum absolute atomic E-state index is 4.92. The van der Waals surface area contributed by atoms with Crippen molar-refractivity contribution in [1.82, 2.24) is 10.3 Å². The van der Waals surface area contributed by atoms with Gasteiger partial charge in [-0.3, -0.25) is 0 Å². The Morgan fingerprint density at radius 1 is 1.33 bits per heavy atom. The van der Waals surface area contributed by atoms with E-state index in [2.05, 4.69) is 50.0 Å². The number of hydrogen-bond acceptors (Lipinski definition) is 3. The van der Waals surface area contributed by atoms with Gasteiger partial charge in [-0.1, -0.05) is 34.1 Å². The lowest BCUT2D eigenvalue weighted by molar-refractivity contribution is 0.529. The van der Waals surface area contributed by atoms with Gasteiger partial charge in [0.15, 0.2) is 0 Å². The van der Waals surface area contributed by atoms with Crippen molar-refractivity contribution < 1.29 is 0 Å².